The van der Waals surface area contributed by atoms with Gasteiger partial charge in [-0.15, -0.1) is 0 Å². The van der Waals surface area contributed by atoms with Gasteiger partial charge in [0.05, 0.1) is 17.1 Å². The van der Waals surface area contributed by atoms with Gasteiger partial charge in [-0.2, -0.15) is 9.90 Å². The molecule has 4 aromatic rings. The van der Waals surface area contributed by atoms with Crippen LogP contribution in [0.4, 0.5) is 0 Å². The lowest BCUT2D eigenvalue weighted by Gasteiger charge is -2.50. The normalized spacial score (nSPS) is 24.0. The number of aliphatic carboxylic acids is 1. The molecule has 3 aromatic carbocycles. The number of carboxylic acids is 1. The Kier molecular flexibility index (Phi) is 13.4. The number of phenolic OH excluding ortho intramolecular Hbond substituents is 1. The van der Waals surface area contributed by atoms with Gasteiger partial charge >= 0.3 is 11.9 Å². The summed E-state index contributed by atoms with van der Waals surface area (Å²) in [6, 6.07) is 14.5. The number of aliphatic hydroxyl groups is 3. The highest BCUT2D eigenvalue weighted by Crippen LogP contribution is 2.39. The summed E-state index contributed by atoms with van der Waals surface area (Å²) in [5.74, 6) is -2.99. The maximum absolute atomic E-state index is 13.6. The molecule has 332 valence electrons. The maximum Gasteiger partial charge on any atom is 0.334 e. The van der Waals surface area contributed by atoms with E-state index >= 15 is 0 Å². The van der Waals surface area contributed by atoms with Gasteiger partial charge in [0.2, 0.25) is 18.4 Å². The number of ether oxygens (including phenoxy) is 3. The molecular formula is C46H50N3O14+. The summed E-state index contributed by atoms with van der Waals surface area (Å²) in [6.45, 7) is 6.78. The lowest BCUT2D eigenvalue weighted by atomic mass is 9.77. The number of hydrogen-bond acceptors (Lipinski definition) is 15. The molecule has 1 saturated heterocycles. The van der Waals surface area contributed by atoms with Crippen LogP contribution in [0, 0.1) is 19.8 Å². The van der Waals surface area contributed by atoms with E-state index in [1.54, 1.807) is 32.2 Å². The van der Waals surface area contributed by atoms with Gasteiger partial charge < -0.3 is 49.0 Å². The molecule has 7 rings (SSSR count). The van der Waals surface area contributed by atoms with Gasteiger partial charge in [0.25, 0.3) is 0 Å². The molecule has 0 bridgehead atoms. The number of aldehydes is 1. The zero-order chi connectivity index (χ0) is 45.2. The first-order valence-electron chi connectivity index (χ1n) is 20.5. The molecule has 0 aliphatic carbocycles. The predicted molar refractivity (Wildman–Crippen MR) is 226 cm³/mol. The standard InChI is InChI=1S/C46H49N3O14/c1-24(2)16-36(52)46(58)41(54)35(23-60-44(57)38(43(55)56)47-13-5-15-50)62-45(42(46)63-49-21-28-12-14-48-37(28)39(49)29-18-25(3)17-26(4)19-29)61-31-10-11-32-34(20-31)59-22-33(40(32)53)27-6-8-30(51)9-7-27/h6-12,14-15,17-20,22,24,35-36,38,41-42,45,47,51-52,54,58H,5,13,16,21,23H2,1-4H3,(H,55,56)/p+1. The Morgan fingerprint density at radius 3 is 2.48 bits per heavy atom. The van der Waals surface area contributed by atoms with Crippen LogP contribution in [0.2, 0.25) is 0 Å². The number of allylic oxidation sites excluding steroid dienone is 1. The zero-order valence-electron chi connectivity index (χ0n) is 35.0. The minimum absolute atomic E-state index is 0.0277. The highest BCUT2D eigenvalue weighted by Gasteiger charge is 2.64. The SMILES string of the molecule is Cc1cc(C)cc(C2=C3N=CC=C3C[NH+]2OC2C(Oc3ccc4c(=O)c(-c5ccc(O)cc5)coc4c3)OC(COC(=O)C(NCCC=O)C(=O)O)C(O)C2(O)C(O)CC(C)C)c1. The van der Waals surface area contributed by atoms with E-state index in [9.17, 15) is 44.7 Å². The van der Waals surface area contributed by atoms with Crippen molar-refractivity contribution in [1.82, 2.24) is 5.32 Å². The summed E-state index contributed by atoms with van der Waals surface area (Å²) in [5, 5.41) is 59.4. The van der Waals surface area contributed by atoms with Gasteiger partial charge in [-0.1, -0.05) is 43.2 Å². The van der Waals surface area contributed by atoms with Crippen LogP contribution in [0.5, 0.6) is 11.5 Å². The fourth-order valence-corrected chi connectivity index (χ4v) is 8.15. The summed E-state index contributed by atoms with van der Waals surface area (Å²) in [7, 11) is 0. The summed E-state index contributed by atoms with van der Waals surface area (Å²) < 4.78 is 24.0. The third-order valence-electron chi connectivity index (χ3n) is 11.2. The van der Waals surface area contributed by atoms with Crippen molar-refractivity contribution >= 4 is 41.1 Å². The minimum Gasteiger partial charge on any atom is -0.508 e. The molecule has 0 saturated carbocycles. The molecule has 63 heavy (non-hydrogen) atoms. The molecule has 17 nitrogen and oxygen atoms in total. The van der Waals surface area contributed by atoms with Crippen molar-refractivity contribution in [2.45, 2.75) is 82.9 Å². The van der Waals surface area contributed by atoms with E-state index in [0.29, 0.717) is 28.3 Å². The van der Waals surface area contributed by atoms with Gasteiger partial charge in [-0.25, -0.2) is 14.6 Å². The highest BCUT2D eigenvalue weighted by atomic mass is 16.8. The van der Waals surface area contributed by atoms with Gasteiger partial charge in [0, 0.05) is 36.4 Å². The number of aromatic hydroxyl groups is 1. The number of rotatable bonds is 17. The van der Waals surface area contributed by atoms with E-state index in [0.717, 1.165) is 22.3 Å². The van der Waals surface area contributed by atoms with Crippen molar-refractivity contribution in [1.29, 1.82) is 0 Å². The van der Waals surface area contributed by atoms with Crippen LogP contribution in [-0.4, -0.2) is 112 Å². The van der Waals surface area contributed by atoms with Crippen LogP contribution in [0.3, 0.4) is 0 Å². The number of hydrogen-bond donors (Lipinski definition) is 7. The molecule has 3 aliphatic heterocycles. The van der Waals surface area contributed by atoms with Crippen LogP contribution in [-0.2, 0) is 28.7 Å². The van der Waals surface area contributed by atoms with Gasteiger partial charge in [-0.3, -0.25) is 10.1 Å². The molecule has 7 N–H and O–H groups in total. The van der Waals surface area contributed by atoms with Gasteiger partial charge in [-0.05, 0) is 74.2 Å². The lowest BCUT2D eigenvalue weighted by molar-refractivity contribution is -1.04. The molecule has 1 fully saturated rings. The maximum atomic E-state index is 13.6. The molecule has 8 unspecified atom stereocenters. The summed E-state index contributed by atoms with van der Waals surface area (Å²) in [5.41, 5.74) is 2.70. The molecular weight excluding hydrogens is 819 g/mol. The van der Waals surface area contributed by atoms with Crippen LogP contribution >= 0.6 is 0 Å². The number of carbonyl (C=O) groups excluding carboxylic acids is 2. The molecule has 1 aromatic heterocycles. The second-order valence-corrected chi connectivity index (χ2v) is 16.3. The Morgan fingerprint density at radius 1 is 1.06 bits per heavy atom. The van der Waals surface area contributed by atoms with Gasteiger partial charge in [0.1, 0.15) is 60.7 Å². The number of carboxylic acid groups (broad SMARTS) is 1. The van der Waals surface area contributed by atoms with Crippen molar-refractivity contribution in [2.75, 3.05) is 19.7 Å². The fraction of sp³-hybridized carbons (Fsp3) is 0.370. The number of aryl methyl sites for hydroxylation is 2. The Bertz CT molecular complexity index is 2510. The number of nitrogens with zero attached hydrogens (tertiary/aromatic N) is 1. The largest absolute Gasteiger partial charge is 0.508 e. The number of nitrogens with one attached hydrogen (secondary N) is 2. The number of carbonyl (C=O) groups is 3. The zero-order valence-corrected chi connectivity index (χ0v) is 35.0. The number of aliphatic hydroxyl groups excluding tert-OH is 2. The lowest BCUT2D eigenvalue weighted by Crippen LogP contribution is -3.09. The number of aliphatic imine (C=N–C) groups is 1. The van der Waals surface area contributed by atoms with Crippen LogP contribution < -0.4 is 20.5 Å². The van der Waals surface area contributed by atoms with E-state index in [1.165, 1.54) is 36.6 Å². The minimum atomic E-state index is -2.61. The number of esters is 1. The Labute approximate surface area is 361 Å². The van der Waals surface area contributed by atoms with Crippen molar-refractivity contribution in [3.63, 3.8) is 0 Å². The Morgan fingerprint density at radius 2 is 1.79 bits per heavy atom. The van der Waals surface area contributed by atoms with E-state index in [2.05, 4.69) is 10.3 Å². The second kappa shape index (κ2) is 18.7. The molecule has 0 radical (unpaired) electrons. The first-order chi connectivity index (χ1) is 30.1. The Balaban J connectivity index is 1.28. The molecule has 0 amide bonds. The van der Waals surface area contributed by atoms with Crippen molar-refractivity contribution in [3.05, 3.63) is 111 Å². The van der Waals surface area contributed by atoms with E-state index in [-0.39, 0.29) is 65.3 Å². The smallest absolute Gasteiger partial charge is 0.334 e. The van der Waals surface area contributed by atoms with Crippen LogP contribution in [0.1, 0.15) is 43.4 Å². The number of hydroxylamine groups is 2. The third kappa shape index (κ3) is 9.35. The predicted octanol–water partition coefficient (Wildman–Crippen LogP) is 2.14. The van der Waals surface area contributed by atoms with Crippen molar-refractivity contribution in [2.24, 2.45) is 10.9 Å². The first-order valence-corrected chi connectivity index (χ1v) is 20.5. The van der Waals surface area contributed by atoms with E-state index in [4.69, 9.17) is 23.5 Å². The quantitative estimate of drug-likeness (QED) is 0.0348. The molecule has 3 aliphatic rings. The Hall–Kier alpha value is -6.05. The summed E-state index contributed by atoms with van der Waals surface area (Å²) >= 11 is 0. The average molecular weight is 869 g/mol. The fourth-order valence-electron chi connectivity index (χ4n) is 8.15. The topological polar surface area (TPSA) is 248 Å². The van der Waals surface area contributed by atoms with Crippen molar-refractivity contribution < 1.29 is 68.4 Å². The van der Waals surface area contributed by atoms with Gasteiger partial charge in [0.15, 0.2) is 16.7 Å². The number of fused-ring (bicyclic) bond motifs is 2. The number of phenols is 1. The third-order valence-corrected chi connectivity index (χ3v) is 11.2. The molecule has 4 heterocycles. The van der Waals surface area contributed by atoms with E-state index < -0.39 is 60.9 Å². The summed E-state index contributed by atoms with van der Waals surface area (Å²) in [4.78, 5) is 61.0. The molecule has 8 atom stereocenters. The van der Waals surface area contributed by atoms with E-state index in [1.807, 2.05) is 38.1 Å². The van der Waals surface area contributed by atoms with Crippen molar-refractivity contribution in [3.8, 4) is 22.6 Å². The highest BCUT2D eigenvalue weighted by molar-refractivity contribution is 5.98. The number of quaternary nitrogens is 1. The molecule has 17 heteroatoms. The first kappa shape index (κ1) is 45.0. The van der Waals surface area contributed by atoms with Crippen LogP contribution in [0.15, 0.2) is 98.5 Å². The monoisotopic (exact) mass is 868 g/mol. The second-order valence-electron chi connectivity index (χ2n) is 16.3. The molecule has 0 spiro atoms. The summed E-state index contributed by atoms with van der Waals surface area (Å²) in [6.07, 6.45) is -3.55. The average Bonchev–Trinajstić information content (AvgIpc) is 3.83. The number of benzene rings is 3. The van der Waals surface area contributed by atoms with Crippen LogP contribution in [0.25, 0.3) is 27.8 Å².